The van der Waals surface area contributed by atoms with Crippen LogP contribution in [0.5, 0.6) is 0 Å². The third-order valence-electron chi connectivity index (χ3n) is 2.97. The largest absolute Gasteiger partial charge is 0.434 e. The lowest BCUT2D eigenvalue weighted by Gasteiger charge is -2.04. The molecule has 20 heavy (non-hydrogen) atoms. The molecule has 0 unspecified atom stereocenters. The highest BCUT2D eigenvalue weighted by atomic mass is 16.3. The van der Waals surface area contributed by atoms with Gasteiger partial charge < -0.3 is 14.8 Å². The average Bonchev–Trinajstić information content (AvgIpc) is 2.88. The highest BCUT2D eigenvalue weighted by Gasteiger charge is 2.09. The Morgan fingerprint density at radius 2 is 1.90 bits per heavy atom. The maximum atomic E-state index is 8.77. The van der Waals surface area contributed by atoms with Crippen LogP contribution in [0.25, 0.3) is 22.7 Å². The topological polar surface area (TPSA) is 71.2 Å². The van der Waals surface area contributed by atoms with Crippen molar-refractivity contribution in [1.29, 1.82) is 0 Å². The first-order chi connectivity index (χ1) is 9.76. The second-order valence-electron chi connectivity index (χ2n) is 4.52. The number of hydrogen-bond donors (Lipinski definition) is 2. The maximum Gasteiger partial charge on any atom is 0.228 e. The van der Waals surface area contributed by atoms with Gasteiger partial charge in [0.15, 0.2) is 11.2 Å². The molecule has 2 aromatic heterocycles. The van der Waals surface area contributed by atoms with E-state index in [9.17, 15) is 0 Å². The van der Waals surface area contributed by atoms with Crippen molar-refractivity contribution < 1.29 is 9.52 Å². The molecule has 0 atom stereocenters. The summed E-state index contributed by atoms with van der Waals surface area (Å²) >= 11 is 0. The predicted octanol–water partition coefficient (Wildman–Crippen LogP) is 2.60. The van der Waals surface area contributed by atoms with Gasteiger partial charge in [0.2, 0.25) is 5.89 Å². The number of aromatic nitrogens is 2. The standard InChI is InChI=1S/C15H15N3O2/c1-10-2-7-13-14(17-10)18-15(20-13)11-3-5-12(6-4-11)16-8-9-19/h2-7,16,19H,8-9H2,1H3. The van der Waals surface area contributed by atoms with Crippen LogP contribution in [0, 0.1) is 6.92 Å². The minimum absolute atomic E-state index is 0.109. The van der Waals surface area contributed by atoms with Gasteiger partial charge in [-0.15, -0.1) is 0 Å². The van der Waals surface area contributed by atoms with Gasteiger partial charge in [0.25, 0.3) is 0 Å². The van der Waals surface area contributed by atoms with Crippen LogP contribution in [0.1, 0.15) is 5.69 Å². The van der Waals surface area contributed by atoms with Crippen molar-refractivity contribution in [1.82, 2.24) is 9.97 Å². The zero-order valence-electron chi connectivity index (χ0n) is 11.1. The van der Waals surface area contributed by atoms with Crippen LogP contribution in [0.3, 0.4) is 0 Å². The van der Waals surface area contributed by atoms with Gasteiger partial charge in [0.1, 0.15) is 0 Å². The number of aliphatic hydroxyl groups is 1. The molecule has 2 N–H and O–H groups in total. The van der Waals surface area contributed by atoms with Crippen LogP contribution < -0.4 is 5.32 Å². The van der Waals surface area contributed by atoms with E-state index >= 15 is 0 Å². The summed E-state index contributed by atoms with van der Waals surface area (Å²) in [5.41, 5.74) is 4.08. The van der Waals surface area contributed by atoms with E-state index in [1.165, 1.54) is 0 Å². The number of hydrogen-bond acceptors (Lipinski definition) is 5. The second kappa shape index (κ2) is 5.30. The first-order valence-electron chi connectivity index (χ1n) is 6.45. The zero-order chi connectivity index (χ0) is 13.9. The minimum Gasteiger partial charge on any atom is -0.434 e. The minimum atomic E-state index is 0.109. The van der Waals surface area contributed by atoms with Crippen LogP contribution in [-0.2, 0) is 0 Å². The van der Waals surface area contributed by atoms with Crippen molar-refractivity contribution in [2.24, 2.45) is 0 Å². The van der Waals surface area contributed by atoms with E-state index in [1.54, 1.807) is 0 Å². The Morgan fingerprint density at radius 3 is 2.65 bits per heavy atom. The number of nitrogens with one attached hydrogen (secondary N) is 1. The van der Waals surface area contributed by atoms with Crippen molar-refractivity contribution in [3.63, 3.8) is 0 Å². The summed E-state index contributed by atoms with van der Waals surface area (Å²) in [5.74, 6) is 0.562. The predicted molar refractivity (Wildman–Crippen MR) is 77.6 cm³/mol. The molecule has 3 rings (SSSR count). The Labute approximate surface area is 116 Å². The van der Waals surface area contributed by atoms with E-state index in [-0.39, 0.29) is 6.61 Å². The molecular weight excluding hydrogens is 254 g/mol. The molecule has 0 radical (unpaired) electrons. The van der Waals surface area contributed by atoms with E-state index in [1.807, 2.05) is 43.3 Å². The summed E-state index contributed by atoms with van der Waals surface area (Å²) < 4.78 is 5.70. The molecule has 0 saturated heterocycles. The van der Waals surface area contributed by atoms with Crippen LogP contribution in [0.15, 0.2) is 40.8 Å². The SMILES string of the molecule is Cc1ccc2oc(-c3ccc(NCCO)cc3)nc2n1. The van der Waals surface area contributed by atoms with E-state index in [0.717, 1.165) is 16.9 Å². The molecular formula is C15H15N3O2. The third kappa shape index (κ3) is 2.48. The fourth-order valence-electron chi connectivity index (χ4n) is 1.97. The molecule has 5 nitrogen and oxygen atoms in total. The Kier molecular flexibility index (Phi) is 3.35. The number of nitrogens with zero attached hydrogens (tertiary/aromatic N) is 2. The third-order valence-corrected chi connectivity index (χ3v) is 2.97. The summed E-state index contributed by atoms with van der Waals surface area (Å²) in [6.07, 6.45) is 0. The molecule has 0 saturated carbocycles. The van der Waals surface area contributed by atoms with E-state index < -0.39 is 0 Å². The summed E-state index contributed by atoms with van der Waals surface area (Å²) in [6, 6.07) is 11.5. The number of benzene rings is 1. The van der Waals surface area contributed by atoms with E-state index in [0.29, 0.717) is 23.7 Å². The van der Waals surface area contributed by atoms with E-state index in [4.69, 9.17) is 9.52 Å². The molecule has 102 valence electrons. The van der Waals surface area contributed by atoms with Crippen LogP contribution in [-0.4, -0.2) is 28.2 Å². The van der Waals surface area contributed by atoms with Gasteiger partial charge in [-0.25, -0.2) is 4.98 Å². The molecule has 0 aliphatic carbocycles. The zero-order valence-corrected chi connectivity index (χ0v) is 11.1. The summed E-state index contributed by atoms with van der Waals surface area (Å²) in [6.45, 7) is 2.57. The lowest BCUT2D eigenvalue weighted by Crippen LogP contribution is -2.04. The smallest absolute Gasteiger partial charge is 0.228 e. The molecule has 2 heterocycles. The van der Waals surface area contributed by atoms with Crippen molar-refractivity contribution >= 4 is 16.9 Å². The average molecular weight is 269 g/mol. The monoisotopic (exact) mass is 269 g/mol. The van der Waals surface area contributed by atoms with Crippen LogP contribution in [0.4, 0.5) is 5.69 Å². The number of aliphatic hydroxyl groups excluding tert-OH is 1. The van der Waals surface area contributed by atoms with Crippen molar-refractivity contribution in [2.75, 3.05) is 18.5 Å². The van der Waals surface area contributed by atoms with Gasteiger partial charge in [0, 0.05) is 23.5 Å². The maximum absolute atomic E-state index is 8.77. The molecule has 0 aliphatic heterocycles. The molecule has 5 heteroatoms. The quantitative estimate of drug-likeness (QED) is 0.761. The van der Waals surface area contributed by atoms with Gasteiger partial charge in [0.05, 0.1) is 6.61 Å². The number of aryl methyl sites for hydroxylation is 1. The Bertz CT molecular complexity index is 720. The molecule has 0 aliphatic rings. The molecule has 0 fully saturated rings. The van der Waals surface area contributed by atoms with Crippen LogP contribution in [0.2, 0.25) is 0 Å². The number of pyridine rings is 1. The normalized spacial score (nSPS) is 10.9. The second-order valence-corrected chi connectivity index (χ2v) is 4.52. The lowest BCUT2D eigenvalue weighted by molar-refractivity contribution is 0.311. The number of oxazole rings is 1. The first-order valence-corrected chi connectivity index (χ1v) is 6.45. The number of anilines is 1. The number of fused-ring (bicyclic) bond motifs is 1. The molecule has 0 amide bonds. The fourth-order valence-corrected chi connectivity index (χ4v) is 1.97. The van der Waals surface area contributed by atoms with Crippen LogP contribution >= 0.6 is 0 Å². The highest BCUT2D eigenvalue weighted by Crippen LogP contribution is 2.24. The number of rotatable bonds is 4. The van der Waals surface area contributed by atoms with Crippen molar-refractivity contribution in [3.05, 3.63) is 42.1 Å². The van der Waals surface area contributed by atoms with Crippen molar-refractivity contribution in [3.8, 4) is 11.5 Å². The molecule has 1 aromatic carbocycles. The fraction of sp³-hybridized carbons (Fsp3) is 0.200. The van der Waals surface area contributed by atoms with Gasteiger partial charge in [-0.2, -0.15) is 4.98 Å². The van der Waals surface area contributed by atoms with E-state index in [2.05, 4.69) is 15.3 Å². The van der Waals surface area contributed by atoms with Gasteiger partial charge >= 0.3 is 0 Å². The Balaban J connectivity index is 1.90. The van der Waals surface area contributed by atoms with Gasteiger partial charge in [-0.05, 0) is 43.3 Å². The summed E-state index contributed by atoms with van der Waals surface area (Å²) in [4.78, 5) is 8.73. The molecule has 0 spiro atoms. The molecule has 3 aromatic rings. The summed E-state index contributed by atoms with van der Waals surface area (Å²) in [7, 11) is 0. The highest BCUT2D eigenvalue weighted by molar-refractivity contribution is 5.72. The first kappa shape index (κ1) is 12.6. The molecule has 0 bridgehead atoms. The Hall–Kier alpha value is -2.40. The summed E-state index contributed by atoms with van der Waals surface area (Å²) in [5, 5.41) is 11.9. The lowest BCUT2D eigenvalue weighted by atomic mass is 10.2. The van der Waals surface area contributed by atoms with Gasteiger partial charge in [-0.1, -0.05) is 0 Å². The van der Waals surface area contributed by atoms with Gasteiger partial charge in [-0.3, -0.25) is 0 Å². The van der Waals surface area contributed by atoms with Crippen molar-refractivity contribution in [2.45, 2.75) is 6.92 Å². The Morgan fingerprint density at radius 1 is 1.10 bits per heavy atom.